The molecule has 0 saturated carbocycles. The number of unbranched alkanes of at least 4 members (excludes halogenated alkanes) is 10. The van der Waals surface area contributed by atoms with Crippen LogP contribution in [-0.2, 0) is 9.53 Å². The smallest absolute Gasteiger partial charge is 1.00 e. The maximum absolute atomic E-state index is 11.3. The van der Waals surface area contributed by atoms with Gasteiger partial charge in [0.15, 0.2) is 0 Å². The van der Waals surface area contributed by atoms with Crippen molar-refractivity contribution in [3.63, 3.8) is 0 Å². The molecular weight excluding hydrogens is 283 g/mol. The molecule has 0 aliphatic carbocycles. The van der Waals surface area contributed by atoms with Gasteiger partial charge in [-0.25, -0.2) is 0 Å². The zero-order valence-electron chi connectivity index (χ0n) is 16.8. The Bertz CT molecular complexity index is 237. The van der Waals surface area contributed by atoms with Crippen molar-refractivity contribution in [1.29, 1.82) is 0 Å². The minimum Gasteiger partial charge on any atom is -1.00 e. The Morgan fingerprint density at radius 3 is 1.73 bits per heavy atom. The number of ether oxygens (including phenoxy) is 1. The average molecular weight is 323 g/mol. The topological polar surface area (TPSA) is 26.3 Å². The van der Waals surface area contributed by atoms with E-state index in [9.17, 15) is 4.79 Å². The number of hydrogen-bond donors (Lipinski definition) is 0. The van der Waals surface area contributed by atoms with Gasteiger partial charge in [-0.15, -0.1) is 0 Å². The van der Waals surface area contributed by atoms with Crippen LogP contribution in [-0.4, -0.2) is 12.1 Å². The van der Waals surface area contributed by atoms with Gasteiger partial charge < -0.3 is 6.16 Å². The van der Waals surface area contributed by atoms with Crippen molar-refractivity contribution >= 4 is 5.97 Å². The summed E-state index contributed by atoms with van der Waals surface area (Å²) in [6, 6.07) is 0. The van der Waals surface area contributed by atoms with E-state index < -0.39 is 0 Å². The predicted octanol–water partition coefficient (Wildman–Crippen LogP) is 3.54. The summed E-state index contributed by atoms with van der Waals surface area (Å²) in [7, 11) is 0. The second-order valence-electron chi connectivity index (χ2n) is 6.37. The van der Waals surface area contributed by atoms with Gasteiger partial charge in [-0.05, 0) is 26.2 Å². The largest absolute Gasteiger partial charge is 1.00 e. The van der Waals surface area contributed by atoms with E-state index >= 15 is 0 Å². The molecular formula is C19H39NaO2. The zero-order valence-corrected chi connectivity index (χ0v) is 17.8. The van der Waals surface area contributed by atoms with Gasteiger partial charge in [-0.1, -0.05) is 78.1 Å². The number of carbonyl (C=O) groups excluding carboxylic acids is 1. The fraction of sp³-hybridized carbons (Fsp3) is 0.947. The molecule has 0 amide bonds. The molecule has 0 radical (unpaired) electrons. The molecule has 0 spiro atoms. The van der Waals surface area contributed by atoms with Crippen LogP contribution in [0.1, 0.15) is 112 Å². The molecule has 0 heterocycles. The molecule has 22 heavy (non-hydrogen) atoms. The van der Waals surface area contributed by atoms with Gasteiger partial charge in [0.25, 0.3) is 0 Å². The second kappa shape index (κ2) is 19.5. The van der Waals surface area contributed by atoms with E-state index in [0.29, 0.717) is 6.42 Å². The number of rotatable bonds is 15. The van der Waals surface area contributed by atoms with Crippen molar-refractivity contribution in [1.82, 2.24) is 0 Å². The average Bonchev–Trinajstić information content (AvgIpc) is 2.45. The summed E-state index contributed by atoms with van der Waals surface area (Å²) in [6.07, 6.45) is 17.6. The minimum atomic E-state index is -0.0342. The minimum absolute atomic E-state index is 0. The van der Waals surface area contributed by atoms with E-state index in [4.69, 9.17) is 4.74 Å². The second-order valence-corrected chi connectivity index (χ2v) is 6.37. The molecule has 0 fully saturated rings. The van der Waals surface area contributed by atoms with Crippen molar-refractivity contribution in [2.45, 2.75) is 117 Å². The van der Waals surface area contributed by atoms with E-state index in [0.717, 1.165) is 12.8 Å². The quantitative estimate of drug-likeness (QED) is 0.262. The van der Waals surface area contributed by atoms with Crippen molar-refractivity contribution in [3.8, 4) is 0 Å². The molecule has 3 heteroatoms. The summed E-state index contributed by atoms with van der Waals surface area (Å²) in [6.45, 7) is 6.30. The molecule has 1 atom stereocenters. The molecule has 0 aliphatic rings. The number of hydrogen-bond acceptors (Lipinski definition) is 2. The van der Waals surface area contributed by atoms with Crippen LogP contribution < -0.4 is 29.6 Å². The third-order valence-corrected chi connectivity index (χ3v) is 4.00. The van der Waals surface area contributed by atoms with Crippen molar-refractivity contribution in [2.24, 2.45) is 0 Å². The number of esters is 1. The van der Waals surface area contributed by atoms with E-state index in [2.05, 4.69) is 6.92 Å². The summed E-state index contributed by atoms with van der Waals surface area (Å²) in [5.74, 6) is -0.0342. The Morgan fingerprint density at radius 2 is 1.27 bits per heavy atom. The van der Waals surface area contributed by atoms with Crippen molar-refractivity contribution < 1.29 is 40.5 Å². The summed E-state index contributed by atoms with van der Waals surface area (Å²) < 4.78 is 5.34. The normalized spacial score (nSPS) is 11.8. The molecule has 0 rings (SSSR count). The third-order valence-electron chi connectivity index (χ3n) is 4.00. The first-order valence-corrected chi connectivity index (χ1v) is 9.40. The summed E-state index contributed by atoms with van der Waals surface area (Å²) in [5.41, 5.74) is 0. The Morgan fingerprint density at radius 1 is 0.818 bits per heavy atom. The maximum Gasteiger partial charge on any atom is 1.00 e. The van der Waals surface area contributed by atoms with Gasteiger partial charge in [0, 0.05) is 6.42 Å². The van der Waals surface area contributed by atoms with Gasteiger partial charge in [0.05, 0.1) is 6.10 Å². The molecule has 0 aliphatic heterocycles. The first-order valence-electron chi connectivity index (χ1n) is 9.40. The van der Waals surface area contributed by atoms with Crippen LogP contribution in [0, 0.1) is 0 Å². The van der Waals surface area contributed by atoms with Gasteiger partial charge in [0.2, 0.25) is 0 Å². The van der Waals surface area contributed by atoms with Crippen LogP contribution in [0.15, 0.2) is 0 Å². The Balaban J connectivity index is -0.00000200. The summed E-state index contributed by atoms with van der Waals surface area (Å²) in [5, 5.41) is 0. The van der Waals surface area contributed by atoms with E-state index in [1.807, 2.05) is 13.8 Å². The van der Waals surface area contributed by atoms with Crippen LogP contribution in [0.3, 0.4) is 0 Å². The molecule has 128 valence electrons. The van der Waals surface area contributed by atoms with Crippen molar-refractivity contribution in [3.05, 3.63) is 0 Å². The van der Waals surface area contributed by atoms with Crippen LogP contribution in [0.2, 0.25) is 0 Å². The molecule has 0 aromatic rings. The molecule has 0 bridgehead atoms. The van der Waals surface area contributed by atoms with Crippen LogP contribution in [0.4, 0.5) is 0 Å². The first kappa shape index (κ1) is 24.7. The van der Waals surface area contributed by atoms with Gasteiger partial charge in [0.1, 0.15) is 0 Å². The van der Waals surface area contributed by atoms with Gasteiger partial charge in [-0.2, -0.15) is 0 Å². The van der Waals surface area contributed by atoms with Gasteiger partial charge in [-0.3, -0.25) is 4.79 Å². The predicted molar refractivity (Wildman–Crippen MR) is 92.7 cm³/mol. The Kier molecular flexibility index (Phi) is 21.9. The summed E-state index contributed by atoms with van der Waals surface area (Å²) in [4.78, 5) is 11.3. The standard InChI is InChI=1S/C19H38O2.Na.H/c1-4-6-7-8-9-10-11-12-13-14-15-17-18(3)21-19(20)16-5-2;;/h18H,4-17H2,1-3H3;;/q;+1;-1. The van der Waals surface area contributed by atoms with E-state index in [1.54, 1.807) is 0 Å². The molecule has 1 unspecified atom stereocenters. The SMILES string of the molecule is CCCCCCCCCCCCCC(C)OC(=O)CCC.[H-].[Na+]. The van der Waals surface area contributed by atoms with E-state index in [1.165, 1.54) is 70.6 Å². The fourth-order valence-corrected chi connectivity index (χ4v) is 2.64. The maximum atomic E-state index is 11.3. The van der Waals surface area contributed by atoms with Gasteiger partial charge >= 0.3 is 35.5 Å². The Labute approximate surface area is 162 Å². The summed E-state index contributed by atoms with van der Waals surface area (Å²) >= 11 is 0. The van der Waals surface area contributed by atoms with Crippen molar-refractivity contribution in [2.75, 3.05) is 0 Å². The third kappa shape index (κ3) is 18.5. The van der Waals surface area contributed by atoms with Crippen LogP contribution >= 0.6 is 0 Å². The Hall–Kier alpha value is 0.470. The molecule has 0 aromatic carbocycles. The molecule has 0 aromatic heterocycles. The van der Waals surface area contributed by atoms with Crippen LogP contribution in [0.5, 0.6) is 0 Å². The first-order chi connectivity index (χ1) is 10.2. The zero-order chi connectivity index (χ0) is 15.8. The fourth-order valence-electron chi connectivity index (χ4n) is 2.64. The monoisotopic (exact) mass is 322 g/mol. The molecule has 0 N–H and O–H groups in total. The van der Waals surface area contributed by atoms with Crippen LogP contribution in [0.25, 0.3) is 0 Å². The number of carbonyl (C=O) groups is 1. The van der Waals surface area contributed by atoms with E-state index in [-0.39, 0.29) is 43.1 Å². The molecule has 0 saturated heterocycles. The molecule has 2 nitrogen and oxygen atoms in total.